The first-order valence-electron chi connectivity index (χ1n) is 7.73. The third-order valence-electron chi connectivity index (χ3n) is 3.65. The first-order chi connectivity index (χ1) is 12.4. The zero-order valence-corrected chi connectivity index (χ0v) is 14.4. The van der Waals surface area contributed by atoms with Crippen molar-refractivity contribution in [1.82, 2.24) is 0 Å². The van der Waals surface area contributed by atoms with Gasteiger partial charge in [0.15, 0.2) is 0 Å². The number of urea groups is 1. The molecule has 6 nitrogen and oxygen atoms in total. The lowest BCUT2D eigenvalue weighted by Crippen LogP contribution is -2.19. The van der Waals surface area contributed by atoms with Gasteiger partial charge in [0.2, 0.25) is 0 Å². The number of nitrogens with one attached hydrogen (secondary N) is 2. The maximum atomic E-state index is 12.0. The van der Waals surface area contributed by atoms with Crippen molar-refractivity contribution in [2.45, 2.75) is 4.90 Å². The highest BCUT2D eigenvalue weighted by Crippen LogP contribution is 2.28. The van der Waals surface area contributed by atoms with Crippen LogP contribution in [0.4, 0.5) is 16.2 Å². The molecule has 0 aliphatic rings. The number of hydrogen-bond acceptors (Lipinski definition) is 3. The monoisotopic (exact) mass is 368 g/mol. The van der Waals surface area contributed by atoms with E-state index in [1.807, 2.05) is 18.2 Å². The predicted octanol–water partition coefficient (Wildman–Crippen LogP) is 4.24. The van der Waals surface area contributed by atoms with Crippen LogP contribution < -0.4 is 10.6 Å². The minimum atomic E-state index is -4.33. The molecule has 0 radical (unpaired) electrons. The topological polar surface area (TPSA) is 95.5 Å². The summed E-state index contributed by atoms with van der Waals surface area (Å²) in [5, 5.41) is 5.40. The third-order valence-corrected chi connectivity index (χ3v) is 4.56. The quantitative estimate of drug-likeness (QED) is 0.600. The van der Waals surface area contributed by atoms with Crippen LogP contribution in [0.3, 0.4) is 0 Å². The van der Waals surface area contributed by atoms with Crippen molar-refractivity contribution in [1.29, 1.82) is 0 Å². The fraction of sp³-hybridized carbons (Fsp3) is 0. The summed E-state index contributed by atoms with van der Waals surface area (Å²) in [5.41, 5.74) is 2.21. The van der Waals surface area contributed by atoms with E-state index in [4.69, 9.17) is 0 Å². The molecule has 0 saturated heterocycles. The number of carbonyl (C=O) groups is 1. The fourth-order valence-corrected chi connectivity index (χ4v) is 3.19. The van der Waals surface area contributed by atoms with E-state index in [-0.39, 0.29) is 10.9 Å². The van der Waals surface area contributed by atoms with Gasteiger partial charge in [-0.2, -0.15) is 8.42 Å². The number of para-hydroxylation sites is 1. The van der Waals surface area contributed by atoms with Crippen LogP contribution in [0.15, 0.2) is 83.8 Å². The molecule has 0 saturated carbocycles. The molecular weight excluding hydrogens is 352 g/mol. The van der Waals surface area contributed by atoms with Crippen molar-refractivity contribution in [3.05, 3.63) is 78.9 Å². The molecule has 0 aromatic heterocycles. The number of amides is 2. The van der Waals surface area contributed by atoms with Gasteiger partial charge in [-0.15, -0.1) is 0 Å². The Morgan fingerprint density at radius 3 is 1.88 bits per heavy atom. The fourth-order valence-electron chi connectivity index (χ4n) is 2.48. The summed E-state index contributed by atoms with van der Waals surface area (Å²) in [6, 6.07) is 21.5. The van der Waals surface area contributed by atoms with Gasteiger partial charge in [0.05, 0.1) is 0 Å². The second-order valence-corrected chi connectivity index (χ2v) is 6.88. The molecule has 132 valence electrons. The van der Waals surface area contributed by atoms with Gasteiger partial charge in [0.25, 0.3) is 10.1 Å². The normalized spacial score (nSPS) is 11.0. The van der Waals surface area contributed by atoms with E-state index in [9.17, 15) is 17.8 Å². The van der Waals surface area contributed by atoms with Crippen molar-refractivity contribution in [3.63, 3.8) is 0 Å². The number of rotatable bonds is 4. The molecule has 0 bridgehead atoms. The number of hydrogen-bond donors (Lipinski definition) is 3. The summed E-state index contributed by atoms with van der Waals surface area (Å²) >= 11 is 0. The zero-order chi connectivity index (χ0) is 18.6. The van der Waals surface area contributed by atoms with Crippen LogP contribution in [0.2, 0.25) is 0 Å². The van der Waals surface area contributed by atoms with Gasteiger partial charge in [0.1, 0.15) is 4.90 Å². The van der Waals surface area contributed by atoms with Gasteiger partial charge in [-0.25, -0.2) is 4.79 Å². The molecule has 0 aliphatic carbocycles. The van der Waals surface area contributed by atoms with Gasteiger partial charge in [-0.3, -0.25) is 4.55 Å². The first-order valence-corrected chi connectivity index (χ1v) is 9.17. The van der Waals surface area contributed by atoms with E-state index >= 15 is 0 Å². The van der Waals surface area contributed by atoms with Gasteiger partial charge in [0, 0.05) is 16.9 Å². The Labute approximate surface area is 151 Å². The molecule has 7 heteroatoms. The van der Waals surface area contributed by atoms with Crippen molar-refractivity contribution >= 4 is 27.5 Å². The minimum absolute atomic E-state index is 0.164. The van der Waals surface area contributed by atoms with Gasteiger partial charge in [-0.1, -0.05) is 48.5 Å². The summed E-state index contributed by atoms with van der Waals surface area (Å²) in [4.78, 5) is 11.8. The van der Waals surface area contributed by atoms with Crippen molar-refractivity contribution in [2.24, 2.45) is 0 Å². The molecule has 26 heavy (non-hydrogen) atoms. The van der Waals surface area contributed by atoms with Crippen molar-refractivity contribution in [3.8, 4) is 11.1 Å². The highest BCUT2D eigenvalue weighted by molar-refractivity contribution is 7.86. The Balaban J connectivity index is 1.77. The largest absolute Gasteiger partial charge is 0.323 e. The molecule has 3 rings (SSSR count). The Morgan fingerprint density at radius 1 is 0.731 bits per heavy atom. The minimum Gasteiger partial charge on any atom is -0.308 e. The molecule has 0 aliphatic heterocycles. The molecule has 0 unspecified atom stereocenters. The molecule has 0 fully saturated rings. The van der Waals surface area contributed by atoms with E-state index in [2.05, 4.69) is 10.6 Å². The van der Waals surface area contributed by atoms with Gasteiger partial charge < -0.3 is 10.6 Å². The molecule has 0 atom stereocenters. The maximum Gasteiger partial charge on any atom is 0.323 e. The average Bonchev–Trinajstić information content (AvgIpc) is 2.62. The van der Waals surface area contributed by atoms with E-state index in [1.165, 1.54) is 12.1 Å². The summed E-state index contributed by atoms with van der Waals surface area (Å²) in [6.45, 7) is 0. The lowest BCUT2D eigenvalue weighted by atomic mass is 10.1. The Bertz CT molecular complexity index is 1020. The molecule has 0 spiro atoms. The summed E-state index contributed by atoms with van der Waals surface area (Å²) in [5.74, 6) is 0. The number of carbonyl (C=O) groups excluding carboxylic acids is 1. The van der Waals surface area contributed by atoms with Crippen molar-refractivity contribution < 1.29 is 17.8 Å². The average molecular weight is 368 g/mol. The van der Waals surface area contributed by atoms with Crippen LogP contribution in [-0.2, 0) is 10.1 Å². The zero-order valence-electron chi connectivity index (χ0n) is 13.6. The van der Waals surface area contributed by atoms with Crippen LogP contribution in [0.5, 0.6) is 0 Å². The van der Waals surface area contributed by atoms with E-state index < -0.39 is 10.1 Å². The lowest BCUT2D eigenvalue weighted by molar-refractivity contribution is 0.262. The second kappa shape index (κ2) is 7.38. The highest BCUT2D eigenvalue weighted by Gasteiger charge is 2.15. The number of anilines is 2. The SMILES string of the molecule is O=C(Nc1ccccc1)Nc1ccc(-c2ccccc2S(=O)(=O)O)cc1. The molecule has 3 N–H and O–H groups in total. The number of benzene rings is 3. The molecule has 2 amide bonds. The summed E-state index contributed by atoms with van der Waals surface area (Å²) < 4.78 is 32.4. The van der Waals surface area contributed by atoms with E-state index in [0.29, 0.717) is 22.5 Å². The molecule has 3 aromatic carbocycles. The lowest BCUT2D eigenvalue weighted by Gasteiger charge is -2.10. The first kappa shape index (κ1) is 17.7. The molecule has 0 heterocycles. The van der Waals surface area contributed by atoms with Crippen LogP contribution >= 0.6 is 0 Å². The highest BCUT2D eigenvalue weighted by atomic mass is 32.2. The summed E-state index contributed by atoms with van der Waals surface area (Å²) in [6.07, 6.45) is 0. The van der Waals surface area contributed by atoms with Gasteiger partial charge >= 0.3 is 6.03 Å². The van der Waals surface area contributed by atoms with E-state index in [1.54, 1.807) is 48.5 Å². The predicted molar refractivity (Wildman–Crippen MR) is 101 cm³/mol. The van der Waals surface area contributed by atoms with Crippen LogP contribution in [0, 0.1) is 0 Å². The molecule has 3 aromatic rings. The smallest absolute Gasteiger partial charge is 0.308 e. The van der Waals surface area contributed by atoms with Gasteiger partial charge in [-0.05, 0) is 35.9 Å². The Hall–Kier alpha value is -3.16. The summed E-state index contributed by atoms with van der Waals surface area (Å²) in [7, 11) is -4.33. The maximum absolute atomic E-state index is 12.0. The second-order valence-electron chi connectivity index (χ2n) is 5.49. The standard InChI is InChI=1S/C19H16N2O4S/c22-19(20-15-6-2-1-3-7-15)21-16-12-10-14(11-13-16)17-8-4-5-9-18(17)26(23,24)25/h1-13H,(H2,20,21,22)(H,23,24,25). The van der Waals surface area contributed by atoms with Crippen molar-refractivity contribution in [2.75, 3.05) is 10.6 Å². The van der Waals surface area contributed by atoms with Crippen LogP contribution in [0.25, 0.3) is 11.1 Å². The van der Waals surface area contributed by atoms with Crippen LogP contribution in [0.1, 0.15) is 0 Å². The molecular formula is C19H16N2O4S. The Morgan fingerprint density at radius 2 is 1.27 bits per heavy atom. The van der Waals surface area contributed by atoms with Crippen LogP contribution in [-0.4, -0.2) is 19.0 Å². The Kier molecular flexibility index (Phi) is 5.01. The van der Waals surface area contributed by atoms with E-state index in [0.717, 1.165) is 0 Å². The third kappa shape index (κ3) is 4.27.